The van der Waals surface area contributed by atoms with Crippen LogP contribution in [0.5, 0.6) is 0 Å². The van der Waals surface area contributed by atoms with Gasteiger partial charge in [0, 0.05) is 37.3 Å². The Labute approximate surface area is 138 Å². The third-order valence-electron chi connectivity index (χ3n) is 3.09. The number of hydrogen-bond donors (Lipinski definition) is 3. The molecule has 0 saturated carbocycles. The first-order valence-corrected chi connectivity index (χ1v) is 7.30. The van der Waals surface area contributed by atoms with Gasteiger partial charge in [-0.1, -0.05) is 0 Å². The predicted molar refractivity (Wildman–Crippen MR) is 88.8 cm³/mol. The highest BCUT2D eigenvalue weighted by atomic mass is 19.1. The second-order valence-corrected chi connectivity index (χ2v) is 5.11. The van der Waals surface area contributed by atoms with E-state index in [1.807, 2.05) is 0 Å². The summed E-state index contributed by atoms with van der Waals surface area (Å²) in [6.07, 6.45) is 0.115. The number of benzene rings is 2. The summed E-state index contributed by atoms with van der Waals surface area (Å²) in [5.41, 5.74) is 1.36. The van der Waals surface area contributed by atoms with Gasteiger partial charge in [0.05, 0.1) is 5.69 Å². The summed E-state index contributed by atoms with van der Waals surface area (Å²) in [5.74, 6) is -1.79. The van der Waals surface area contributed by atoms with Crippen LogP contribution in [0.1, 0.15) is 13.3 Å². The fourth-order valence-electron chi connectivity index (χ4n) is 2.01. The van der Waals surface area contributed by atoms with Gasteiger partial charge >= 0.3 is 0 Å². The third-order valence-corrected chi connectivity index (χ3v) is 3.09. The summed E-state index contributed by atoms with van der Waals surface area (Å²) in [6.45, 7) is 1.62. The van der Waals surface area contributed by atoms with Crippen molar-refractivity contribution in [3.63, 3.8) is 0 Å². The van der Waals surface area contributed by atoms with Gasteiger partial charge in [-0.2, -0.15) is 0 Å². The highest BCUT2D eigenvalue weighted by Crippen LogP contribution is 2.15. The molecular weight excluding hydrogens is 316 g/mol. The van der Waals surface area contributed by atoms with Crippen molar-refractivity contribution in [2.24, 2.45) is 0 Å². The monoisotopic (exact) mass is 333 g/mol. The lowest BCUT2D eigenvalue weighted by molar-refractivity contribution is -0.116. The van der Waals surface area contributed by atoms with E-state index in [2.05, 4.69) is 16.0 Å². The van der Waals surface area contributed by atoms with Crippen molar-refractivity contribution in [1.82, 2.24) is 0 Å². The van der Waals surface area contributed by atoms with Gasteiger partial charge in [0.1, 0.15) is 11.6 Å². The molecular formula is C17H17F2N3O2. The van der Waals surface area contributed by atoms with Crippen LogP contribution in [0, 0.1) is 11.6 Å². The molecule has 0 bridgehead atoms. The third kappa shape index (κ3) is 5.35. The predicted octanol–water partition coefficient (Wildman–Crippen LogP) is 3.36. The molecule has 2 aromatic carbocycles. The summed E-state index contributed by atoms with van der Waals surface area (Å²) in [6, 6.07) is 9.86. The van der Waals surface area contributed by atoms with Crippen LogP contribution in [0.2, 0.25) is 0 Å². The van der Waals surface area contributed by atoms with Gasteiger partial charge < -0.3 is 16.0 Å². The molecule has 0 aromatic heterocycles. The normalized spacial score (nSPS) is 10.1. The second kappa shape index (κ2) is 8.05. The van der Waals surface area contributed by atoms with Crippen molar-refractivity contribution >= 4 is 28.9 Å². The fraction of sp³-hybridized carbons (Fsp3) is 0.176. The molecule has 3 N–H and O–H groups in total. The summed E-state index contributed by atoms with van der Waals surface area (Å²) < 4.78 is 26.2. The van der Waals surface area contributed by atoms with Crippen LogP contribution >= 0.6 is 0 Å². The molecule has 2 aromatic rings. The molecule has 2 amide bonds. The molecule has 0 aliphatic heterocycles. The molecule has 0 aliphatic carbocycles. The van der Waals surface area contributed by atoms with Crippen molar-refractivity contribution in [3.05, 3.63) is 54.1 Å². The second-order valence-electron chi connectivity index (χ2n) is 5.11. The Kier molecular flexibility index (Phi) is 5.83. The number of carbonyl (C=O) groups excluding carboxylic acids is 2. The molecule has 24 heavy (non-hydrogen) atoms. The average Bonchev–Trinajstić information content (AvgIpc) is 2.51. The average molecular weight is 333 g/mol. The Bertz CT molecular complexity index is 733. The summed E-state index contributed by atoms with van der Waals surface area (Å²) in [7, 11) is 0. The largest absolute Gasteiger partial charge is 0.382 e. The zero-order valence-corrected chi connectivity index (χ0v) is 13.0. The first-order chi connectivity index (χ1) is 11.4. The van der Waals surface area contributed by atoms with Gasteiger partial charge in [-0.25, -0.2) is 8.78 Å². The lowest BCUT2D eigenvalue weighted by atomic mass is 10.2. The highest BCUT2D eigenvalue weighted by molar-refractivity contribution is 5.92. The minimum absolute atomic E-state index is 0.115. The van der Waals surface area contributed by atoms with Crippen LogP contribution in [0.25, 0.3) is 0 Å². The molecule has 0 radical (unpaired) electrons. The van der Waals surface area contributed by atoms with Gasteiger partial charge in [0.25, 0.3) is 0 Å². The molecule has 0 aliphatic rings. The minimum Gasteiger partial charge on any atom is -0.382 e. The summed E-state index contributed by atoms with van der Waals surface area (Å²) >= 11 is 0. The first-order valence-electron chi connectivity index (χ1n) is 7.30. The van der Waals surface area contributed by atoms with E-state index in [4.69, 9.17) is 0 Å². The van der Waals surface area contributed by atoms with E-state index >= 15 is 0 Å². The van der Waals surface area contributed by atoms with Crippen LogP contribution in [-0.4, -0.2) is 18.4 Å². The van der Waals surface area contributed by atoms with Crippen molar-refractivity contribution in [2.45, 2.75) is 13.3 Å². The van der Waals surface area contributed by atoms with Crippen molar-refractivity contribution in [1.29, 1.82) is 0 Å². The van der Waals surface area contributed by atoms with E-state index in [1.165, 1.54) is 13.0 Å². The summed E-state index contributed by atoms with van der Waals surface area (Å²) in [5, 5.41) is 8.05. The number of anilines is 3. The van der Waals surface area contributed by atoms with Crippen LogP contribution in [0.4, 0.5) is 25.8 Å². The molecule has 0 atom stereocenters. The SMILES string of the molecule is CC(=O)Nc1ccc(NC(=O)CCNc2ccc(F)cc2F)cc1. The molecule has 0 spiro atoms. The molecule has 0 heterocycles. The number of halogens is 2. The number of carbonyl (C=O) groups is 2. The smallest absolute Gasteiger partial charge is 0.226 e. The van der Waals surface area contributed by atoms with E-state index in [1.54, 1.807) is 24.3 Å². The Balaban J connectivity index is 1.79. The number of rotatable bonds is 6. The lowest BCUT2D eigenvalue weighted by Crippen LogP contribution is -2.16. The molecule has 0 fully saturated rings. The molecule has 0 saturated heterocycles. The quantitative estimate of drug-likeness (QED) is 0.759. The zero-order valence-electron chi connectivity index (χ0n) is 13.0. The zero-order chi connectivity index (χ0) is 17.5. The van der Waals surface area contributed by atoms with Crippen molar-refractivity contribution in [3.8, 4) is 0 Å². The fourth-order valence-corrected chi connectivity index (χ4v) is 2.01. The maximum absolute atomic E-state index is 13.4. The maximum Gasteiger partial charge on any atom is 0.226 e. The molecule has 126 valence electrons. The highest BCUT2D eigenvalue weighted by Gasteiger charge is 2.06. The lowest BCUT2D eigenvalue weighted by Gasteiger charge is -2.09. The number of amides is 2. The Morgan fingerprint density at radius 1 is 0.958 bits per heavy atom. The van der Waals surface area contributed by atoms with Crippen molar-refractivity contribution in [2.75, 3.05) is 22.5 Å². The topological polar surface area (TPSA) is 70.2 Å². The number of hydrogen-bond acceptors (Lipinski definition) is 3. The molecule has 2 rings (SSSR count). The van der Waals surface area contributed by atoms with Gasteiger partial charge in [0.2, 0.25) is 11.8 Å². The van der Waals surface area contributed by atoms with Crippen molar-refractivity contribution < 1.29 is 18.4 Å². The van der Waals surface area contributed by atoms with E-state index < -0.39 is 11.6 Å². The molecule has 5 nitrogen and oxygen atoms in total. The first kappa shape index (κ1) is 17.4. The van der Waals surface area contributed by atoms with E-state index in [9.17, 15) is 18.4 Å². The van der Waals surface area contributed by atoms with Crippen LogP contribution in [0.3, 0.4) is 0 Å². The maximum atomic E-state index is 13.4. The Morgan fingerprint density at radius 3 is 2.17 bits per heavy atom. The standard InChI is InChI=1S/C17H17F2N3O2/c1-11(23)21-13-3-5-14(6-4-13)22-17(24)8-9-20-16-7-2-12(18)10-15(16)19/h2-7,10,20H,8-9H2,1H3,(H,21,23)(H,22,24). The number of nitrogens with one attached hydrogen (secondary N) is 3. The van der Waals surface area contributed by atoms with E-state index in [-0.39, 0.29) is 30.5 Å². The van der Waals surface area contributed by atoms with Crippen LogP contribution in [0.15, 0.2) is 42.5 Å². The molecule has 7 heteroatoms. The van der Waals surface area contributed by atoms with Gasteiger partial charge in [-0.05, 0) is 36.4 Å². The van der Waals surface area contributed by atoms with E-state index in [0.717, 1.165) is 12.1 Å². The van der Waals surface area contributed by atoms with Crippen LogP contribution in [-0.2, 0) is 9.59 Å². The molecule has 0 unspecified atom stereocenters. The van der Waals surface area contributed by atoms with Gasteiger partial charge in [-0.15, -0.1) is 0 Å². The minimum atomic E-state index is -0.705. The van der Waals surface area contributed by atoms with Crippen LogP contribution < -0.4 is 16.0 Å². The summed E-state index contributed by atoms with van der Waals surface area (Å²) in [4.78, 5) is 22.7. The van der Waals surface area contributed by atoms with E-state index in [0.29, 0.717) is 11.4 Å². The van der Waals surface area contributed by atoms with Gasteiger partial charge in [-0.3, -0.25) is 9.59 Å². The Hall–Kier alpha value is -2.96. The Morgan fingerprint density at radius 2 is 1.58 bits per heavy atom. The van der Waals surface area contributed by atoms with Gasteiger partial charge in [0.15, 0.2) is 0 Å².